The molecule has 3 N–H and O–H groups in total. The first-order valence-electron chi connectivity index (χ1n) is 9.44. The first-order chi connectivity index (χ1) is 13.9. The molecule has 0 saturated carbocycles. The third kappa shape index (κ3) is 3.61. The van der Waals surface area contributed by atoms with Gasteiger partial charge in [-0.15, -0.1) is 0 Å². The molecule has 0 spiro atoms. The summed E-state index contributed by atoms with van der Waals surface area (Å²) in [6.45, 7) is 0.285. The summed E-state index contributed by atoms with van der Waals surface area (Å²) in [7, 11) is 3.89. The van der Waals surface area contributed by atoms with Crippen LogP contribution in [-0.2, 0) is 11.3 Å². The Morgan fingerprint density at radius 3 is 2.28 bits per heavy atom. The zero-order valence-corrected chi connectivity index (χ0v) is 16.3. The second-order valence-electron chi connectivity index (χ2n) is 7.46. The Bertz CT molecular complexity index is 929. The van der Waals surface area contributed by atoms with Crippen molar-refractivity contribution in [2.45, 2.75) is 18.8 Å². The number of amides is 5. The fraction of sp³-hybridized carbons (Fsp3) is 0.286. The number of nitrogens with zero attached hydrogens (tertiary/aromatic N) is 2. The second kappa shape index (κ2) is 7.46. The predicted octanol–water partition coefficient (Wildman–Crippen LogP) is 1.80. The standard InChI is InChI=1S/C21H23N5O3/c1-25(2)15-10-8-14(9-11-15)17-16-18(23-20(28)22-17)26(21(29)24-19(16)27)12-13-6-4-3-5-7-13/h3-11,16-18H,12H2,1-2H3,(H2,22,23,28)(H,24,27,29). The first kappa shape index (κ1) is 18.8. The molecule has 5 amide bonds. The Balaban J connectivity index is 1.66. The summed E-state index contributed by atoms with van der Waals surface area (Å²) in [5.41, 5.74) is 2.74. The van der Waals surface area contributed by atoms with Gasteiger partial charge in [-0.2, -0.15) is 0 Å². The predicted molar refractivity (Wildman–Crippen MR) is 108 cm³/mol. The summed E-state index contributed by atoms with van der Waals surface area (Å²) in [5.74, 6) is -1.06. The number of hydrogen-bond donors (Lipinski definition) is 3. The number of carbonyl (C=O) groups excluding carboxylic acids is 3. The maximum atomic E-state index is 12.7. The minimum absolute atomic E-state index is 0.285. The van der Waals surface area contributed by atoms with Crippen molar-refractivity contribution in [1.82, 2.24) is 20.9 Å². The van der Waals surface area contributed by atoms with Gasteiger partial charge in [-0.3, -0.25) is 15.0 Å². The van der Waals surface area contributed by atoms with Gasteiger partial charge in [0.25, 0.3) is 0 Å². The average Bonchev–Trinajstić information content (AvgIpc) is 2.71. The Morgan fingerprint density at radius 1 is 0.931 bits per heavy atom. The fourth-order valence-corrected chi connectivity index (χ4v) is 3.85. The molecular formula is C21H23N5O3. The van der Waals surface area contributed by atoms with Crippen molar-refractivity contribution >= 4 is 23.7 Å². The maximum Gasteiger partial charge on any atom is 0.326 e. The van der Waals surface area contributed by atoms with Crippen molar-refractivity contribution in [3.63, 3.8) is 0 Å². The molecule has 2 saturated heterocycles. The largest absolute Gasteiger partial charge is 0.378 e. The molecule has 2 aromatic rings. The molecule has 8 heteroatoms. The quantitative estimate of drug-likeness (QED) is 0.738. The lowest BCUT2D eigenvalue weighted by Crippen LogP contribution is -2.71. The first-order valence-corrected chi connectivity index (χ1v) is 9.44. The minimum Gasteiger partial charge on any atom is -0.378 e. The van der Waals surface area contributed by atoms with Crippen LogP contribution < -0.4 is 20.9 Å². The van der Waals surface area contributed by atoms with E-state index < -0.39 is 36.1 Å². The van der Waals surface area contributed by atoms with Crippen molar-refractivity contribution < 1.29 is 14.4 Å². The molecule has 2 aliphatic heterocycles. The van der Waals surface area contributed by atoms with Crippen molar-refractivity contribution in [2.24, 2.45) is 5.92 Å². The molecule has 0 bridgehead atoms. The SMILES string of the molecule is CN(C)c1ccc(C2NC(=O)NC3C2C(=O)NC(=O)N3Cc2ccccc2)cc1. The van der Waals surface area contributed by atoms with Crippen molar-refractivity contribution in [3.05, 3.63) is 65.7 Å². The van der Waals surface area contributed by atoms with E-state index >= 15 is 0 Å². The van der Waals surface area contributed by atoms with Gasteiger partial charge in [-0.1, -0.05) is 42.5 Å². The highest BCUT2D eigenvalue weighted by molar-refractivity contribution is 6.00. The van der Waals surface area contributed by atoms with Gasteiger partial charge in [-0.05, 0) is 23.3 Å². The van der Waals surface area contributed by atoms with Crippen LogP contribution in [0, 0.1) is 5.92 Å². The number of imide groups is 1. The molecule has 2 fully saturated rings. The van der Waals surface area contributed by atoms with E-state index in [2.05, 4.69) is 16.0 Å². The van der Waals surface area contributed by atoms with E-state index in [0.29, 0.717) is 0 Å². The van der Waals surface area contributed by atoms with Crippen LogP contribution in [0.3, 0.4) is 0 Å². The van der Waals surface area contributed by atoms with E-state index in [-0.39, 0.29) is 6.54 Å². The molecule has 0 aromatic heterocycles. The zero-order chi connectivity index (χ0) is 20.5. The zero-order valence-electron chi connectivity index (χ0n) is 16.3. The van der Waals surface area contributed by atoms with E-state index in [9.17, 15) is 14.4 Å². The molecule has 0 radical (unpaired) electrons. The minimum atomic E-state index is -0.733. The Hall–Kier alpha value is -3.55. The van der Waals surface area contributed by atoms with Gasteiger partial charge in [0, 0.05) is 26.3 Å². The average molecular weight is 393 g/mol. The van der Waals surface area contributed by atoms with Gasteiger partial charge in [-0.25, -0.2) is 9.59 Å². The highest BCUT2D eigenvalue weighted by Crippen LogP contribution is 2.33. The summed E-state index contributed by atoms with van der Waals surface area (Å²) in [6, 6.07) is 15.7. The van der Waals surface area contributed by atoms with Gasteiger partial charge in [0.2, 0.25) is 5.91 Å². The maximum absolute atomic E-state index is 12.7. The lowest BCUT2D eigenvalue weighted by molar-refractivity contribution is -0.130. The van der Waals surface area contributed by atoms with Crippen LogP contribution in [0.4, 0.5) is 15.3 Å². The Morgan fingerprint density at radius 2 is 1.62 bits per heavy atom. The van der Waals surface area contributed by atoms with Crippen LogP contribution in [-0.4, -0.2) is 43.1 Å². The Kier molecular flexibility index (Phi) is 4.84. The van der Waals surface area contributed by atoms with Crippen LogP contribution in [0.1, 0.15) is 17.2 Å². The van der Waals surface area contributed by atoms with E-state index in [1.54, 1.807) is 0 Å². The lowest BCUT2D eigenvalue weighted by Gasteiger charge is -2.46. The highest BCUT2D eigenvalue weighted by Gasteiger charge is 2.49. The van der Waals surface area contributed by atoms with Gasteiger partial charge in [0.05, 0.1) is 6.04 Å². The monoisotopic (exact) mass is 393 g/mol. The summed E-state index contributed by atoms with van der Waals surface area (Å²) >= 11 is 0. The number of nitrogens with one attached hydrogen (secondary N) is 3. The molecule has 4 rings (SSSR count). The number of fused-ring (bicyclic) bond motifs is 1. The molecular weight excluding hydrogens is 370 g/mol. The number of carbonyl (C=O) groups is 3. The summed E-state index contributed by atoms with van der Waals surface area (Å²) in [5, 5.41) is 8.05. The topological polar surface area (TPSA) is 93.8 Å². The van der Waals surface area contributed by atoms with E-state index in [0.717, 1.165) is 16.8 Å². The van der Waals surface area contributed by atoms with Gasteiger partial charge >= 0.3 is 12.1 Å². The molecule has 150 valence electrons. The van der Waals surface area contributed by atoms with Crippen molar-refractivity contribution in [2.75, 3.05) is 19.0 Å². The van der Waals surface area contributed by atoms with Crippen molar-refractivity contribution in [1.29, 1.82) is 0 Å². The molecule has 2 aliphatic rings. The fourth-order valence-electron chi connectivity index (χ4n) is 3.85. The smallest absolute Gasteiger partial charge is 0.326 e. The van der Waals surface area contributed by atoms with Crippen LogP contribution in [0.5, 0.6) is 0 Å². The Labute approximate surface area is 168 Å². The lowest BCUT2D eigenvalue weighted by atomic mass is 9.86. The molecule has 29 heavy (non-hydrogen) atoms. The number of urea groups is 2. The number of benzene rings is 2. The van der Waals surface area contributed by atoms with E-state index in [1.165, 1.54) is 4.90 Å². The molecule has 3 atom stereocenters. The summed E-state index contributed by atoms with van der Waals surface area (Å²) in [4.78, 5) is 41.2. The second-order valence-corrected chi connectivity index (χ2v) is 7.46. The molecule has 0 aliphatic carbocycles. The summed E-state index contributed by atoms with van der Waals surface area (Å²) in [6.07, 6.45) is -0.733. The number of anilines is 1. The van der Waals surface area contributed by atoms with Crippen LogP contribution in [0.25, 0.3) is 0 Å². The van der Waals surface area contributed by atoms with Crippen LogP contribution >= 0.6 is 0 Å². The summed E-state index contributed by atoms with van der Waals surface area (Å²) < 4.78 is 0. The molecule has 8 nitrogen and oxygen atoms in total. The van der Waals surface area contributed by atoms with Crippen LogP contribution in [0.15, 0.2) is 54.6 Å². The molecule has 2 heterocycles. The normalized spacial score (nSPS) is 23.6. The number of hydrogen-bond acceptors (Lipinski definition) is 4. The molecule has 3 unspecified atom stereocenters. The van der Waals surface area contributed by atoms with E-state index in [1.807, 2.05) is 73.6 Å². The van der Waals surface area contributed by atoms with Gasteiger partial charge < -0.3 is 15.5 Å². The third-order valence-corrected chi connectivity index (χ3v) is 5.36. The third-order valence-electron chi connectivity index (χ3n) is 5.36. The van der Waals surface area contributed by atoms with Gasteiger partial charge in [0.1, 0.15) is 12.1 Å². The van der Waals surface area contributed by atoms with Crippen LogP contribution in [0.2, 0.25) is 0 Å². The van der Waals surface area contributed by atoms with E-state index in [4.69, 9.17) is 0 Å². The number of rotatable bonds is 4. The van der Waals surface area contributed by atoms with Gasteiger partial charge in [0.15, 0.2) is 0 Å². The highest BCUT2D eigenvalue weighted by atomic mass is 16.2. The van der Waals surface area contributed by atoms with Crippen molar-refractivity contribution in [3.8, 4) is 0 Å². The molecule has 2 aromatic carbocycles.